The second-order valence-electron chi connectivity index (χ2n) is 8.15. The summed E-state index contributed by atoms with van der Waals surface area (Å²) in [5.41, 5.74) is 0.0829. The van der Waals surface area contributed by atoms with Gasteiger partial charge in [-0.05, 0) is 63.4 Å². The van der Waals surface area contributed by atoms with Gasteiger partial charge in [0.15, 0.2) is 0 Å². The largest absolute Gasteiger partial charge is 0.465 e. The van der Waals surface area contributed by atoms with Gasteiger partial charge in [0.2, 0.25) is 5.95 Å². The highest BCUT2D eigenvalue weighted by molar-refractivity contribution is 8.18. The summed E-state index contributed by atoms with van der Waals surface area (Å²) in [7, 11) is 0. The van der Waals surface area contributed by atoms with Crippen LogP contribution in [0.3, 0.4) is 0 Å². The van der Waals surface area contributed by atoms with Crippen LogP contribution in [0.5, 0.6) is 0 Å². The van der Waals surface area contributed by atoms with Crippen LogP contribution in [0.4, 0.5) is 15.5 Å². The lowest BCUT2D eigenvalue weighted by Gasteiger charge is -2.39. The number of nitrogens with zero attached hydrogens (tertiary/aromatic N) is 4. The van der Waals surface area contributed by atoms with Gasteiger partial charge in [-0.15, -0.1) is 0 Å². The monoisotopic (exact) mass is 419 g/mol. The number of anilines is 1. The third kappa shape index (κ3) is 5.26. The molecule has 2 saturated heterocycles. The second-order valence-corrected chi connectivity index (χ2v) is 9.17. The van der Waals surface area contributed by atoms with Crippen molar-refractivity contribution in [3.05, 3.63) is 22.9 Å². The molecule has 10 heteroatoms. The Morgan fingerprint density at radius 1 is 1.45 bits per heavy atom. The molecule has 2 fully saturated rings. The molecule has 3 amide bonds. The van der Waals surface area contributed by atoms with Crippen molar-refractivity contribution >= 4 is 41.0 Å². The maximum Gasteiger partial charge on any atom is 0.407 e. The Morgan fingerprint density at radius 2 is 2.21 bits per heavy atom. The van der Waals surface area contributed by atoms with Gasteiger partial charge in [-0.1, -0.05) is 0 Å². The van der Waals surface area contributed by atoms with E-state index in [1.165, 1.54) is 4.90 Å². The van der Waals surface area contributed by atoms with E-state index in [0.29, 0.717) is 29.6 Å². The van der Waals surface area contributed by atoms with Gasteiger partial charge in [-0.25, -0.2) is 14.8 Å². The fraction of sp³-hybridized carbons (Fsp3) is 0.526. The van der Waals surface area contributed by atoms with E-state index in [9.17, 15) is 19.5 Å². The molecule has 0 aliphatic carbocycles. The molecule has 9 nitrogen and oxygen atoms in total. The highest BCUT2D eigenvalue weighted by atomic mass is 32.2. The molecule has 1 atom stereocenters. The number of thioether (sulfide) groups is 1. The third-order valence-electron chi connectivity index (χ3n) is 4.87. The van der Waals surface area contributed by atoms with Gasteiger partial charge < -0.3 is 14.9 Å². The predicted molar refractivity (Wildman–Crippen MR) is 111 cm³/mol. The number of imide groups is 1. The maximum atomic E-state index is 11.7. The van der Waals surface area contributed by atoms with E-state index in [0.717, 1.165) is 31.1 Å². The lowest BCUT2D eigenvalue weighted by atomic mass is 9.95. The first-order valence-electron chi connectivity index (χ1n) is 9.47. The zero-order chi connectivity index (χ0) is 21.2. The minimum absolute atomic E-state index is 0.179. The van der Waals surface area contributed by atoms with Gasteiger partial charge in [-0.3, -0.25) is 14.9 Å². The van der Waals surface area contributed by atoms with Crippen molar-refractivity contribution in [3.8, 4) is 0 Å². The van der Waals surface area contributed by atoms with Crippen LogP contribution in [0.1, 0.15) is 39.3 Å². The van der Waals surface area contributed by atoms with Crippen molar-refractivity contribution in [2.24, 2.45) is 5.92 Å². The summed E-state index contributed by atoms with van der Waals surface area (Å²) < 4.78 is 0. The van der Waals surface area contributed by atoms with Crippen molar-refractivity contribution in [1.82, 2.24) is 20.2 Å². The molecule has 156 valence electrons. The topological polar surface area (TPSA) is 116 Å². The van der Waals surface area contributed by atoms with Crippen LogP contribution in [0.25, 0.3) is 6.08 Å². The molecule has 1 aromatic rings. The van der Waals surface area contributed by atoms with Gasteiger partial charge >= 0.3 is 6.09 Å². The van der Waals surface area contributed by atoms with Gasteiger partial charge in [-0.2, -0.15) is 0 Å². The number of carbonyl (C=O) groups is 3. The molecule has 0 saturated carbocycles. The van der Waals surface area contributed by atoms with Crippen molar-refractivity contribution < 1.29 is 19.5 Å². The molecular formula is C19H25N5O4S. The summed E-state index contributed by atoms with van der Waals surface area (Å²) in [6, 6.07) is 1.68. The Bertz CT molecular complexity index is 851. The van der Waals surface area contributed by atoms with E-state index in [-0.39, 0.29) is 5.92 Å². The Kier molecular flexibility index (Phi) is 6.11. The Hall–Kier alpha value is -2.62. The number of carboxylic acid groups (broad SMARTS) is 1. The van der Waals surface area contributed by atoms with Gasteiger partial charge in [0.25, 0.3) is 11.1 Å². The summed E-state index contributed by atoms with van der Waals surface area (Å²) in [4.78, 5) is 47.4. The van der Waals surface area contributed by atoms with E-state index in [1.807, 2.05) is 25.7 Å². The summed E-state index contributed by atoms with van der Waals surface area (Å²) in [6.07, 6.45) is 4.14. The molecule has 0 bridgehead atoms. The fourth-order valence-corrected chi connectivity index (χ4v) is 4.11. The number of hydrogen-bond donors (Lipinski definition) is 2. The standard InChI is InChI=1S/C19H25N5O4S/c1-19(2,3)24(18(27)28)11-12-5-4-8-23(10-12)16-20-7-6-13(21-16)9-14-15(25)22-17(26)29-14/h6-7,9,12H,4-5,8,10-11H2,1-3H3,(H,27,28)(H,22,25,26)/b14-9+. The van der Waals surface area contributed by atoms with Crippen LogP contribution < -0.4 is 10.2 Å². The average Bonchev–Trinajstić information content (AvgIpc) is 2.96. The van der Waals surface area contributed by atoms with Crippen molar-refractivity contribution in [3.63, 3.8) is 0 Å². The molecule has 0 spiro atoms. The molecular weight excluding hydrogens is 394 g/mol. The number of nitrogens with one attached hydrogen (secondary N) is 1. The van der Waals surface area contributed by atoms with Crippen LogP contribution in [0.2, 0.25) is 0 Å². The summed E-state index contributed by atoms with van der Waals surface area (Å²) in [6.45, 7) is 7.58. The molecule has 3 rings (SSSR count). The molecule has 1 aromatic heterocycles. The Balaban J connectivity index is 1.72. The van der Waals surface area contributed by atoms with Crippen LogP contribution in [0.15, 0.2) is 17.2 Å². The highest BCUT2D eigenvalue weighted by Gasteiger charge is 2.31. The normalized spacial score (nSPS) is 21.4. The Morgan fingerprint density at radius 3 is 2.83 bits per heavy atom. The lowest BCUT2D eigenvalue weighted by molar-refractivity contribution is -0.115. The zero-order valence-corrected chi connectivity index (χ0v) is 17.5. The lowest BCUT2D eigenvalue weighted by Crippen LogP contribution is -2.50. The Labute approximate surface area is 173 Å². The van der Waals surface area contributed by atoms with Crippen LogP contribution >= 0.6 is 11.8 Å². The number of carbonyl (C=O) groups excluding carboxylic acids is 2. The number of amides is 3. The van der Waals surface area contributed by atoms with E-state index < -0.39 is 22.8 Å². The number of hydrogen-bond acceptors (Lipinski definition) is 7. The highest BCUT2D eigenvalue weighted by Crippen LogP contribution is 2.27. The first-order chi connectivity index (χ1) is 13.6. The van der Waals surface area contributed by atoms with E-state index >= 15 is 0 Å². The molecule has 2 aliphatic heterocycles. The van der Waals surface area contributed by atoms with Crippen LogP contribution in [-0.2, 0) is 4.79 Å². The van der Waals surface area contributed by atoms with Crippen molar-refractivity contribution in [1.29, 1.82) is 0 Å². The van der Waals surface area contributed by atoms with E-state index in [2.05, 4.69) is 15.3 Å². The number of aromatic nitrogens is 2. The van der Waals surface area contributed by atoms with E-state index in [1.54, 1.807) is 18.3 Å². The first-order valence-corrected chi connectivity index (χ1v) is 10.3. The van der Waals surface area contributed by atoms with Crippen molar-refractivity contribution in [2.75, 3.05) is 24.5 Å². The van der Waals surface area contributed by atoms with Gasteiger partial charge in [0.1, 0.15) is 0 Å². The van der Waals surface area contributed by atoms with Crippen molar-refractivity contribution in [2.45, 2.75) is 39.2 Å². The summed E-state index contributed by atoms with van der Waals surface area (Å²) in [5.74, 6) is 0.295. The smallest absolute Gasteiger partial charge is 0.407 e. The SMILES string of the molecule is CC(C)(C)N(CC1CCCN(c2nccc(/C=C3/SC(=O)NC3=O)n2)C1)C(=O)O. The number of piperidine rings is 1. The van der Waals surface area contributed by atoms with Crippen LogP contribution in [-0.4, -0.2) is 62.4 Å². The first kappa shape index (κ1) is 21.1. The summed E-state index contributed by atoms with van der Waals surface area (Å²) in [5, 5.41) is 11.4. The van der Waals surface area contributed by atoms with Crippen LogP contribution in [0, 0.1) is 5.92 Å². The number of rotatable bonds is 4. The minimum atomic E-state index is -0.915. The van der Waals surface area contributed by atoms with Gasteiger partial charge in [0, 0.05) is 31.4 Å². The molecule has 0 aromatic carbocycles. The molecule has 3 heterocycles. The third-order valence-corrected chi connectivity index (χ3v) is 5.68. The average molecular weight is 420 g/mol. The predicted octanol–water partition coefficient (Wildman–Crippen LogP) is 2.80. The van der Waals surface area contributed by atoms with Gasteiger partial charge in [0.05, 0.1) is 10.6 Å². The second kappa shape index (κ2) is 8.40. The maximum absolute atomic E-state index is 11.7. The molecule has 2 aliphatic rings. The minimum Gasteiger partial charge on any atom is -0.465 e. The zero-order valence-electron chi connectivity index (χ0n) is 16.7. The summed E-state index contributed by atoms with van der Waals surface area (Å²) >= 11 is 0.848. The molecule has 29 heavy (non-hydrogen) atoms. The quantitative estimate of drug-likeness (QED) is 0.716. The molecule has 0 radical (unpaired) electrons. The molecule has 2 N–H and O–H groups in total. The fourth-order valence-electron chi connectivity index (χ4n) is 3.44. The molecule has 1 unspecified atom stereocenters. The van der Waals surface area contributed by atoms with E-state index in [4.69, 9.17) is 0 Å².